The molecule has 0 spiro atoms. The van der Waals surface area contributed by atoms with Crippen LogP contribution < -0.4 is 0 Å². The van der Waals surface area contributed by atoms with E-state index >= 15 is 0 Å². The number of rotatable bonds is 2. The lowest BCUT2D eigenvalue weighted by atomic mass is 9.80. The van der Waals surface area contributed by atoms with Crippen molar-refractivity contribution in [1.82, 2.24) is 4.90 Å². The molecule has 114 valence electrons. The van der Waals surface area contributed by atoms with Gasteiger partial charge in [-0.1, -0.05) is 19.8 Å². The van der Waals surface area contributed by atoms with Crippen LogP contribution in [0.5, 0.6) is 0 Å². The third-order valence-electron chi connectivity index (χ3n) is 5.49. The van der Waals surface area contributed by atoms with Crippen molar-refractivity contribution in [3.63, 3.8) is 0 Å². The first-order chi connectivity index (χ1) is 9.68. The zero-order valence-electron chi connectivity index (χ0n) is 12.5. The second-order valence-electron chi connectivity index (χ2n) is 6.81. The molecule has 0 aromatic carbocycles. The number of nitrogens with zero attached hydrogens (tertiary/aromatic N) is 1. The molecule has 0 aromatic heterocycles. The summed E-state index contributed by atoms with van der Waals surface area (Å²) in [6.45, 7) is 3.66. The van der Waals surface area contributed by atoms with E-state index in [0.717, 1.165) is 45.1 Å². The summed E-state index contributed by atoms with van der Waals surface area (Å²) in [5.74, 6) is 0.794. The zero-order chi connectivity index (χ0) is 14.1. The number of hydrogen-bond acceptors (Lipinski definition) is 3. The van der Waals surface area contributed by atoms with Crippen molar-refractivity contribution in [2.75, 3.05) is 13.2 Å². The summed E-state index contributed by atoms with van der Waals surface area (Å²) in [7, 11) is 0. The fourth-order valence-corrected chi connectivity index (χ4v) is 4.27. The number of aliphatic hydroxyl groups excluding tert-OH is 1. The number of likely N-dealkylation sites (tertiary alicyclic amines) is 1. The summed E-state index contributed by atoms with van der Waals surface area (Å²) in [6, 6.07) is 0.245. The van der Waals surface area contributed by atoms with Crippen LogP contribution in [0.15, 0.2) is 0 Å². The van der Waals surface area contributed by atoms with Gasteiger partial charge in [0.2, 0.25) is 0 Å². The predicted molar refractivity (Wildman–Crippen MR) is 76.2 cm³/mol. The predicted octanol–water partition coefficient (Wildman–Crippen LogP) is 1.95. The Morgan fingerprint density at radius 2 is 1.95 bits per heavy atom. The minimum atomic E-state index is -0.240. The van der Waals surface area contributed by atoms with E-state index in [-0.39, 0.29) is 30.1 Å². The Morgan fingerprint density at radius 3 is 2.65 bits per heavy atom. The van der Waals surface area contributed by atoms with Crippen LogP contribution >= 0.6 is 0 Å². The maximum atomic E-state index is 12.7. The summed E-state index contributed by atoms with van der Waals surface area (Å²) >= 11 is 0. The molecular formula is C16H27NO3. The van der Waals surface area contributed by atoms with Gasteiger partial charge >= 0.3 is 0 Å². The van der Waals surface area contributed by atoms with Gasteiger partial charge in [0.05, 0.1) is 6.10 Å². The van der Waals surface area contributed by atoms with Gasteiger partial charge < -0.3 is 14.7 Å². The second kappa shape index (κ2) is 6.02. The average molecular weight is 281 g/mol. The van der Waals surface area contributed by atoms with Crippen LogP contribution in [-0.4, -0.2) is 47.3 Å². The van der Waals surface area contributed by atoms with Gasteiger partial charge in [-0.05, 0) is 38.0 Å². The van der Waals surface area contributed by atoms with Gasteiger partial charge in [0.1, 0.15) is 6.10 Å². The molecule has 4 nitrogen and oxygen atoms in total. The van der Waals surface area contributed by atoms with Gasteiger partial charge in [-0.3, -0.25) is 4.79 Å². The minimum Gasteiger partial charge on any atom is -0.393 e. The molecule has 1 saturated carbocycles. The van der Waals surface area contributed by atoms with Crippen LogP contribution in [0.25, 0.3) is 0 Å². The fourth-order valence-electron chi connectivity index (χ4n) is 4.27. The van der Waals surface area contributed by atoms with Crippen LogP contribution in [0.4, 0.5) is 0 Å². The van der Waals surface area contributed by atoms with E-state index in [1.54, 1.807) is 0 Å². The third kappa shape index (κ3) is 2.60. The molecule has 0 aromatic rings. The maximum Gasteiger partial charge on any atom is 0.252 e. The number of ether oxygens (including phenoxy) is 1. The van der Waals surface area contributed by atoms with Crippen molar-refractivity contribution in [1.29, 1.82) is 0 Å². The highest BCUT2D eigenvalue weighted by Crippen LogP contribution is 2.36. The number of carbonyl (C=O) groups is 1. The Morgan fingerprint density at radius 1 is 1.15 bits per heavy atom. The smallest absolute Gasteiger partial charge is 0.252 e. The normalized spacial score (nSPS) is 42.1. The zero-order valence-corrected chi connectivity index (χ0v) is 12.5. The first kappa shape index (κ1) is 14.3. The highest BCUT2D eigenvalue weighted by atomic mass is 16.5. The van der Waals surface area contributed by atoms with Gasteiger partial charge in [0, 0.05) is 25.1 Å². The van der Waals surface area contributed by atoms with E-state index in [1.807, 2.05) is 4.90 Å². The molecule has 0 bridgehead atoms. The molecule has 2 aliphatic heterocycles. The molecule has 5 atom stereocenters. The van der Waals surface area contributed by atoms with E-state index in [2.05, 4.69) is 6.92 Å². The molecule has 5 unspecified atom stereocenters. The van der Waals surface area contributed by atoms with E-state index < -0.39 is 0 Å². The largest absolute Gasteiger partial charge is 0.393 e. The highest BCUT2D eigenvalue weighted by molar-refractivity contribution is 5.82. The first-order valence-corrected chi connectivity index (χ1v) is 8.28. The van der Waals surface area contributed by atoms with Crippen LogP contribution in [0.3, 0.4) is 0 Å². The van der Waals surface area contributed by atoms with Gasteiger partial charge in [-0.25, -0.2) is 0 Å². The maximum absolute atomic E-state index is 12.7. The van der Waals surface area contributed by atoms with Crippen LogP contribution in [0.2, 0.25) is 0 Å². The highest BCUT2D eigenvalue weighted by Gasteiger charge is 2.43. The molecule has 2 saturated heterocycles. The summed E-state index contributed by atoms with van der Waals surface area (Å²) in [6.07, 6.45) is 6.94. The lowest BCUT2D eigenvalue weighted by molar-refractivity contribution is -0.145. The topological polar surface area (TPSA) is 49.8 Å². The lowest BCUT2D eigenvalue weighted by Crippen LogP contribution is -2.49. The SMILES string of the molecule is CC1CCOC1C(=O)N1CCCC1C1CCCCC1O. The van der Waals surface area contributed by atoms with Gasteiger partial charge in [-0.15, -0.1) is 0 Å². The molecule has 1 aliphatic carbocycles. The number of amides is 1. The Labute approximate surface area is 121 Å². The molecule has 20 heavy (non-hydrogen) atoms. The molecule has 1 amide bonds. The first-order valence-electron chi connectivity index (χ1n) is 8.28. The Bertz CT molecular complexity index is 360. The van der Waals surface area contributed by atoms with Gasteiger partial charge in [-0.2, -0.15) is 0 Å². The number of aliphatic hydroxyl groups is 1. The van der Waals surface area contributed by atoms with Gasteiger partial charge in [0.15, 0.2) is 0 Å². The minimum absolute atomic E-state index is 0.176. The Kier molecular flexibility index (Phi) is 4.32. The third-order valence-corrected chi connectivity index (χ3v) is 5.49. The van der Waals surface area contributed by atoms with Gasteiger partial charge in [0.25, 0.3) is 5.91 Å². The van der Waals surface area contributed by atoms with E-state index in [0.29, 0.717) is 12.5 Å². The van der Waals surface area contributed by atoms with Crippen molar-refractivity contribution in [3.8, 4) is 0 Å². The Balaban J connectivity index is 1.70. The lowest BCUT2D eigenvalue weighted by Gasteiger charge is -2.38. The van der Waals surface area contributed by atoms with Crippen LogP contribution in [-0.2, 0) is 9.53 Å². The summed E-state index contributed by atoms with van der Waals surface area (Å²) < 4.78 is 5.65. The molecule has 3 rings (SSSR count). The number of carbonyl (C=O) groups excluding carboxylic acids is 1. The quantitative estimate of drug-likeness (QED) is 0.841. The molecule has 1 N–H and O–H groups in total. The standard InChI is InChI=1S/C16H27NO3/c1-11-8-10-20-15(11)16(19)17-9-4-6-13(17)12-5-2-3-7-14(12)18/h11-15,18H,2-10H2,1H3. The molecule has 4 heteroatoms. The Hall–Kier alpha value is -0.610. The van der Waals surface area contributed by atoms with Crippen molar-refractivity contribution in [2.24, 2.45) is 11.8 Å². The second-order valence-corrected chi connectivity index (χ2v) is 6.81. The fraction of sp³-hybridized carbons (Fsp3) is 0.938. The average Bonchev–Trinajstić information content (AvgIpc) is 3.07. The van der Waals surface area contributed by atoms with E-state index in [9.17, 15) is 9.90 Å². The van der Waals surface area contributed by atoms with Crippen molar-refractivity contribution in [2.45, 2.75) is 70.1 Å². The summed E-state index contributed by atoms with van der Waals surface area (Å²) in [5.41, 5.74) is 0. The van der Waals surface area contributed by atoms with E-state index in [1.165, 1.54) is 6.42 Å². The van der Waals surface area contributed by atoms with Crippen LogP contribution in [0, 0.1) is 11.8 Å². The monoisotopic (exact) mass is 281 g/mol. The molecule has 0 radical (unpaired) electrons. The molecule has 3 aliphatic rings. The molecular weight excluding hydrogens is 254 g/mol. The van der Waals surface area contributed by atoms with Crippen molar-refractivity contribution < 1.29 is 14.6 Å². The van der Waals surface area contributed by atoms with E-state index in [4.69, 9.17) is 4.74 Å². The number of hydrogen-bond donors (Lipinski definition) is 1. The van der Waals surface area contributed by atoms with Crippen molar-refractivity contribution >= 4 is 5.91 Å². The summed E-state index contributed by atoms with van der Waals surface area (Å²) in [5, 5.41) is 10.3. The summed E-state index contributed by atoms with van der Waals surface area (Å²) in [4.78, 5) is 14.8. The van der Waals surface area contributed by atoms with Crippen LogP contribution in [0.1, 0.15) is 51.9 Å². The molecule has 2 heterocycles. The van der Waals surface area contributed by atoms with Crippen molar-refractivity contribution in [3.05, 3.63) is 0 Å². The molecule has 3 fully saturated rings.